The van der Waals surface area contributed by atoms with Crippen LogP contribution in [0.5, 0.6) is 0 Å². The SMILES string of the molecule is Cc1ccc(C(=O)CN(C(=O)c2ccc(Cl)c(Cl)c2)N2C(=O)[C@@H]3[C@H](C2=O)[C@H]2C=C[C@H]3C2)cc1. The van der Waals surface area contributed by atoms with Gasteiger partial charge in [0.1, 0.15) is 6.54 Å². The molecule has 1 saturated heterocycles. The summed E-state index contributed by atoms with van der Waals surface area (Å²) in [5.74, 6) is -2.96. The van der Waals surface area contributed by atoms with E-state index < -0.39 is 36.1 Å². The van der Waals surface area contributed by atoms with E-state index in [0.29, 0.717) is 5.56 Å². The number of imide groups is 1. The average Bonchev–Trinajstić information content (AvgIpc) is 3.48. The van der Waals surface area contributed by atoms with Gasteiger partial charge in [0.05, 0.1) is 21.9 Å². The minimum Gasteiger partial charge on any atom is -0.292 e. The molecule has 1 saturated carbocycles. The van der Waals surface area contributed by atoms with Crippen LogP contribution in [0, 0.1) is 30.6 Å². The van der Waals surface area contributed by atoms with Gasteiger partial charge in [-0.15, -0.1) is 0 Å². The summed E-state index contributed by atoms with van der Waals surface area (Å²) in [5, 5.41) is 2.27. The largest absolute Gasteiger partial charge is 0.292 e. The van der Waals surface area contributed by atoms with Gasteiger partial charge in [0, 0.05) is 11.1 Å². The molecule has 3 aliphatic rings. The molecule has 4 atom stereocenters. The van der Waals surface area contributed by atoms with Crippen LogP contribution in [-0.4, -0.2) is 40.1 Å². The van der Waals surface area contributed by atoms with E-state index in [4.69, 9.17) is 23.2 Å². The Morgan fingerprint density at radius 3 is 2.06 bits per heavy atom. The quantitative estimate of drug-likeness (QED) is 0.360. The number of rotatable bonds is 5. The van der Waals surface area contributed by atoms with Crippen molar-refractivity contribution in [3.63, 3.8) is 0 Å². The van der Waals surface area contributed by atoms with E-state index >= 15 is 0 Å². The third kappa shape index (κ3) is 3.58. The van der Waals surface area contributed by atoms with Gasteiger partial charge in [-0.3, -0.25) is 19.2 Å². The summed E-state index contributed by atoms with van der Waals surface area (Å²) < 4.78 is 0. The summed E-state index contributed by atoms with van der Waals surface area (Å²) in [7, 11) is 0. The van der Waals surface area contributed by atoms with Crippen molar-refractivity contribution < 1.29 is 19.2 Å². The minimum atomic E-state index is -0.670. The third-order valence-electron chi connectivity index (χ3n) is 6.76. The summed E-state index contributed by atoms with van der Waals surface area (Å²) in [5.41, 5.74) is 1.49. The highest BCUT2D eigenvalue weighted by Crippen LogP contribution is 2.52. The van der Waals surface area contributed by atoms with E-state index in [-0.39, 0.29) is 33.2 Å². The first-order valence-corrected chi connectivity index (χ1v) is 11.4. The number of fused-ring (bicyclic) bond motifs is 5. The number of benzene rings is 2. The summed E-state index contributed by atoms with van der Waals surface area (Å²) in [4.78, 5) is 53.3. The zero-order valence-corrected chi connectivity index (χ0v) is 19.2. The molecule has 2 aliphatic carbocycles. The normalized spacial score (nSPS) is 25.0. The van der Waals surface area contributed by atoms with Crippen LogP contribution < -0.4 is 0 Å². The van der Waals surface area contributed by atoms with Crippen molar-refractivity contribution in [1.82, 2.24) is 10.0 Å². The number of carbonyl (C=O) groups excluding carboxylic acids is 4. The van der Waals surface area contributed by atoms with Gasteiger partial charge in [-0.05, 0) is 43.4 Å². The zero-order chi connectivity index (χ0) is 23.4. The number of hydrazine groups is 1. The van der Waals surface area contributed by atoms with Crippen LogP contribution in [0.2, 0.25) is 10.0 Å². The number of halogens is 2. The number of amides is 3. The van der Waals surface area contributed by atoms with Crippen LogP contribution in [0.3, 0.4) is 0 Å². The fraction of sp³-hybridized carbons (Fsp3) is 0.280. The monoisotopic (exact) mass is 482 g/mol. The molecular formula is C25H20Cl2N2O4. The Bertz CT molecular complexity index is 1190. The maximum absolute atomic E-state index is 13.5. The standard InChI is InChI=1S/C25H20Cl2N2O4/c1-13-2-4-14(5-3-13)20(30)12-28(23(31)17-8-9-18(26)19(27)11-17)29-24(32)21-15-6-7-16(10-15)22(21)25(29)33/h2-9,11,15-16,21-22H,10,12H2,1H3/t15-,16-,21-,22+/m0/s1. The maximum atomic E-state index is 13.5. The van der Waals surface area contributed by atoms with Crippen molar-refractivity contribution in [2.24, 2.45) is 23.7 Å². The summed E-state index contributed by atoms with van der Waals surface area (Å²) in [6.07, 6.45) is 4.72. The van der Waals surface area contributed by atoms with Crippen molar-refractivity contribution >= 4 is 46.7 Å². The number of hydrogen-bond donors (Lipinski definition) is 0. The average molecular weight is 483 g/mol. The fourth-order valence-electron chi connectivity index (χ4n) is 5.10. The van der Waals surface area contributed by atoms with Crippen molar-refractivity contribution in [3.8, 4) is 0 Å². The lowest BCUT2D eigenvalue weighted by Crippen LogP contribution is -2.52. The van der Waals surface area contributed by atoms with E-state index in [1.54, 1.807) is 24.3 Å². The summed E-state index contributed by atoms with van der Waals surface area (Å²) >= 11 is 12.1. The number of hydrogen-bond acceptors (Lipinski definition) is 4. The molecule has 33 heavy (non-hydrogen) atoms. The van der Waals surface area contributed by atoms with Crippen molar-refractivity contribution in [2.45, 2.75) is 13.3 Å². The van der Waals surface area contributed by atoms with Gasteiger partial charge in [0.2, 0.25) is 0 Å². The molecule has 0 unspecified atom stereocenters. The molecule has 2 fully saturated rings. The van der Waals surface area contributed by atoms with Gasteiger partial charge in [0.15, 0.2) is 5.78 Å². The van der Waals surface area contributed by atoms with Gasteiger partial charge in [0.25, 0.3) is 17.7 Å². The molecule has 0 radical (unpaired) electrons. The second-order valence-electron chi connectivity index (χ2n) is 8.77. The van der Waals surface area contributed by atoms with Crippen LogP contribution in [0.1, 0.15) is 32.7 Å². The van der Waals surface area contributed by atoms with Crippen LogP contribution in [0.15, 0.2) is 54.6 Å². The molecule has 0 spiro atoms. The van der Waals surface area contributed by atoms with Gasteiger partial charge in [-0.1, -0.05) is 65.2 Å². The van der Waals surface area contributed by atoms with Crippen LogP contribution in [-0.2, 0) is 9.59 Å². The van der Waals surface area contributed by atoms with Crippen LogP contribution in [0.4, 0.5) is 0 Å². The summed E-state index contributed by atoms with van der Waals surface area (Å²) in [6.45, 7) is 1.44. The number of nitrogens with zero attached hydrogens (tertiary/aromatic N) is 2. The third-order valence-corrected chi connectivity index (χ3v) is 7.50. The van der Waals surface area contributed by atoms with E-state index in [1.165, 1.54) is 18.2 Å². The van der Waals surface area contributed by atoms with E-state index in [2.05, 4.69) is 0 Å². The highest BCUT2D eigenvalue weighted by molar-refractivity contribution is 6.42. The van der Waals surface area contributed by atoms with Crippen molar-refractivity contribution in [2.75, 3.05) is 6.54 Å². The first-order chi connectivity index (χ1) is 15.8. The van der Waals surface area contributed by atoms with E-state index in [0.717, 1.165) is 22.0 Å². The Labute approximate surface area is 200 Å². The first kappa shape index (κ1) is 21.9. The molecule has 1 heterocycles. The first-order valence-electron chi connectivity index (χ1n) is 10.7. The lowest BCUT2D eigenvalue weighted by atomic mass is 9.85. The lowest BCUT2D eigenvalue weighted by Gasteiger charge is -2.31. The van der Waals surface area contributed by atoms with Crippen LogP contribution in [0.25, 0.3) is 0 Å². The number of carbonyl (C=O) groups is 4. The van der Waals surface area contributed by atoms with Gasteiger partial charge < -0.3 is 0 Å². The fourth-order valence-corrected chi connectivity index (χ4v) is 5.40. The Morgan fingerprint density at radius 1 is 0.909 bits per heavy atom. The van der Waals surface area contributed by atoms with E-state index in [9.17, 15) is 19.2 Å². The highest BCUT2D eigenvalue weighted by Gasteiger charge is 2.61. The molecule has 6 nitrogen and oxygen atoms in total. The second kappa shape index (κ2) is 8.12. The highest BCUT2D eigenvalue weighted by atomic mass is 35.5. The molecule has 168 valence electrons. The molecular weight excluding hydrogens is 463 g/mol. The van der Waals surface area contributed by atoms with Gasteiger partial charge in [-0.2, -0.15) is 5.01 Å². The Morgan fingerprint density at radius 2 is 1.48 bits per heavy atom. The zero-order valence-electron chi connectivity index (χ0n) is 17.7. The van der Waals surface area contributed by atoms with E-state index in [1.807, 2.05) is 19.1 Å². The molecule has 1 aliphatic heterocycles. The lowest BCUT2D eigenvalue weighted by molar-refractivity contribution is -0.154. The topological polar surface area (TPSA) is 74.8 Å². The molecule has 2 aromatic carbocycles. The number of allylic oxidation sites excluding steroid dienone is 2. The Hall–Kier alpha value is -2.96. The van der Waals surface area contributed by atoms with Crippen LogP contribution >= 0.6 is 23.2 Å². The van der Waals surface area contributed by atoms with Crippen molar-refractivity contribution in [3.05, 3.63) is 81.4 Å². The molecule has 0 aromatic heterocycles. The van der Waals surface area contributed by atoms with Crippen molar-refractivity contribution in [1.29, 1.82) is 0 Å². The number of Topliss-reactive ketones (excluding diaryl/α,β-unsaturated/α-hetero) is 1. The number of aryl methyl sites for hydroxylation is 1. The Kier molecular flexibility index (Phi) is 5.38. The van der Waals surface area contributed by atoms with Gasteiger partial charge in [-0.25, -0.2) is 5.01 Å². The molecule has 0 N–H and O–H groups in total. The summed E-state index contributed by atoms with van der Waals surface area (Å²) in [6, 6.07) is 11.2. The minimum absolute atomic E-state index is 0.0174. The van der Waals surface area contributed by atoms with Gasteiger partial charge >= 0.3 is 0 Å². The molecule has 8 heteroatoms. The molecule has 2 aromatic rings. The second-order valence-corrected chi connectivity index (χ2v) is 9.58. The number of ketones is 1. The Balaban J connectivity index is 1.51. The molecule has 5 rings (SSSR count). The molecule has 3 amide bonds. The maximum Gasteiger partial charge on any atom is 0.273 e. The predicted octanol–water partition coefficient (Wildman–Crippen LogP) is 4.35. The smallest absolute Gasteiger partial charge is 0.273 e. The predicted molar refractivity (Wildman–Crippen MR) is 123 cm³/mol. The molecule has 2 bridgehead atoms.